The number of rotatable bonds is 2. The number of hydrogen-bond acceptors (Lipinski definition) is 2. The molecule has 0 N–H and O–H groups in total. The van der Waals surface area contributed by atoms with E-state index in [0.29, 0.717) is 18.2 Å². The number of hydrogen-bond donors (Lipinski definition) is 0. The summed E-state index contributed by atoms with van der Waals surface area (Å²) in [6.45, 7) is 2.27. The molecule has 1 saturated heterocycles. The quantitative estimate of drug-likeness (QED) is 0.653. The van der Waals surface area contributed by atoms with Crippen molar-refractivity contribution in [2.24, 2.45) is 0 Å². The zero-order valence-electron chi connectivity index (χ0n) is 13.0. The van der Waals surface area contributed by atoms with Gasteiger partial charge in [-0.25, -0.2) is 0 Å². The maximum absolute atomic E-state index is 3.53. The average Bonchev–Trinajstić information content (AvgIpc) is 2.74. The molecule has 1 fully saturated rings. The van der Waals surface area contributed by atoms with Crippen LogP contribution in [0.5, 0.6) is 0 Å². The molecule has 0 unspecified atom stereocenters. The Morgan fingerprint density at radius 2 is 1.00 bits per heavy atom. The first-order valence-corrected chi connectivity index (χ1v) is 9.02. The molecule has 2 nitrogen and oxygen atoms in total. The molecule has 0 aromatic heterocycles. The van der Waals surface area contributed by atoms with Crippen LogP contribution in [-0.4, -0.2) is 30.1 Å². The third-order valence-electron chi connectivity index (χ3n) is 4.78. The van der Waals surface area contributed by atoms with Crippen LogP contribution in [0.1, 0.15) is 30.1 Å². The molecule has 116 valence electrons. The summed E-state index contributed by atoms with van der Waals surface area (Å²) in [5.41, 5.74) is 2.71. The lowest BCUT2D eigenvalue weighted by Crippen LogP contribution is -2.31. The highest BCUT2D eigenvalue weighted by Gasteiger charge is 2.42. The van der Waals surface area contributed by atoms with Crippen molar-refractivity contribution < 1.29 is 0 Å². The first-order chi connectivity index (χ1) is 10.5. The Bertz CT molecular complexity index is 582. The molecule has 2 aromatic rings. The Balaban J connectivity index is 2.04. The molecule has 2 atom stereocenters. The Labute approximate surface area is 149 Å². The van der Waals surface area contributed by atoms with Gasteiger partial charge in [-0.05, 0) is 56.4 Å². The van der Waals surface area contributed by atoms with Gasteiger partial charge in [-0.2, -0.15) is 0 Å². The number of nitrogens with zero attached hydrogens (tertiary/aromatic N) is 2. The smallest absolute Gasteiger partial charge is 0.0600 e. The lowest BCUT2D eigenvalue weighted by Gasteiger charge is -2.27. The second-order valence-electron chi connectivity index (χ2n) is 5.96. The van der Waals surface area contributed by atoms with Crippen molar-refractivity contribution in [2.75, 3.05) is 14.1 Å². The van der Waals surface area contributed by atoms with Crippen LogP contribution in [0.15, 0.2) is 57.5 Å². The molecule has 22 heavy (non-hydrogen) atoms. The molecule has 0 bridgehead atoms. The molecular formula is C18H20Br2N2. The first-order valence-electron chi connectivity index (χ1n) is 7.44. The Hall–Kier alpha value is -0.680. The monoisotopic (exact) mass is 422 g/mol. The molecule has 1 heterocycles. The molecule has 0 radical (unpaired) electrons. The lowest BCUT2D eigenvalue weighted by molar-refractivity contribution is 0.181. The number of halogens is 2. The van der Waals surface area contributed by atoms with E-state index >= 15 is 0 Å². The van der Waals surface area contributed by atoms with Crippen LogP contribution in [-0.2, 0) is 0 Å². The summed E-state index contributed by atoms with van der Waals surface area (Å²) in [4.78, 5) is 4.91. The van der Waals surface area contributed by atoms with Crippen LogP contribution in [0, 0.1) is 0 Å². The molecule has 1 aliphatic heterocycles. The SMILES string of the molecule is CC1N(C)[C@H](c2ccc(Br)cc2)[C@@H](c2ccc(Br)cc2)N1C. The van der Waals surface area contributed by atoms with Crippen LogP contribution in [0.2, 0.25) is 0 Å². The molecule has 4 heteroatoms. The second-order valence-corrected chi connectivity index (χ2v) is 7.79. The van der Waals surface area contributed by atoms with Crippen LogP contribution in [0.4, 0.5) is 0 Å². The highest BCUT2D eigenvalue weighted by atomic mass is 79.9. The van der Waals surface area contributed by atoms with Crippen molar-refractivity contribution in [3.05, 3.63) is 68.6 Å². The van der Waals surface area contributed by atoms with Crippen molar-refractivity contribution in [1.29, 1.82) is 0 Å². The van der Waals surface area contributed by atoms with Crippen LogP contribution >= 0.6 is 31.9 Å². The van der Waals surface area contributed by atoms with Gasteiger partial charge in [0.2, 0.25) is 0 Å². The minimum absolute atomic E-state index is 0.356. The zero-order chi connectivity index (χ0) is 15.9. The third-order valence-corrected chi connectivity index (χ3v) is 5.84. The van der Waals surface area contributed by atoms with Gasteiger partial charge in [-0.3, -0.25) is 9.80 Å². The highest BCUT2D eigenvalue weighted by molar-refractivity contribution is 9.10. The van der Waals surface area contributed by atoms with Crippen molar-refractivity contribution >= 4 is 31.9 Å². The van der Waals surface area contributed by atoms with Crippen LogP contribution < -0.4 is 0 Å². The van der Waals surface area contributed by atoms with E-state index in [9.17, 15) is 0 Å². The van der Waals surface area contributed by atoms with Gasteiger partial charge in [-0.1, -0.05) is 56.1 Å². The van der Waals surface area contributed by atoms with E-state index in [1.165, 1.54) is 11.1 Å². The summed E-state index contributed by atoms with van der Waals surface area (Å²) in [7, 11) is 4.43. The van der Waals surface area contributed by atoms with Gasteiger partial charge in [0.15, 0.2) is 0 Å². The molecule has 0 amide bonds. The zero-order valence-corrected chi connectivity index (χ0v) is 16.2. The maximum Gasteiger partial charge on any atom is 0.0600 e. The largest absolute Gasteiger partial charge is 0.282 e. The van der Waals surface area contributed by atoms with Gasteiger partial charge in [0.25, 0.3) is 0 Å². The molecule has 0 aliphatic carbocycles. The van der Waals surface area contributed by atoms with E-state index in [1.54, 1.807) is 0 Å². The summed E-state index contributed by atoms with van der Waals surface area (Å²) in [6, 6.07) is 18.1. The minimum Gasteiger partial charge on any atom is -0.282 e. The van der Waals surface area contributed by atoms with E-state index < -0.39 is 0 Å². The van der Waals surface area contributed by atoms with Crippen LogP contribution in [0.25, 0.3) is 0 Å². The topological polar surface area (TPSA) is 6.48 Å². The first kappa shape index (κ1) is 16.2. The van der Waals surface area contributed by atoms with Gasteiger partial charge < -0.3 is 0 Å². The van der Waals surface area contributed by atoms with Crippen LogP contribution in [0.3, 0.4) is 0 Å². The van der Waals surface area contributed by atoms with E-state index in [2.05, 4.69) is 111 Å². The molecule has 2 aromatic carbocycles. The van der Waals surface area contributed by atoms with Crippen molar-refractivity contribution in [2.45, 2.75) is 25.2 Å². The van der Waals surface area contributed by atoms with Gasteiger partial charge in [0, 0.05) is 8.95 Å². The van der Waals surface area contributed by atoms with Gasteiger partial charge in [-0.15, -0.1) is 0 Å². The summed E-state index contributed by atoms with van der Waals surface area (Å²) in [5, 5.41) is 0. The summed E-state index contributed by atoms with van der Waals surface area (Å²) >= 11 is 7.06. The fourth-order valence-electron chi connectivity index (χ4n) is 3.35. The summed E-state index contributed by atoms with van der Waals surface area (Å²) in [5.74, 6) is 0. The van der Waals surface area contributed by atoms with Crippen molar-refractivity contribution in [3.8, 4) is 0 Å². The Morgan fingerprint density at radius 3 is 1.32 bits per heavy atom. The predicted octanol–water partition coefficient (Wildman–Crippen LogP) is 5.22. The third kappa shape index (κ3) is 2.90. The fraction of sp³-hybridized carbons (Fsp3) is 0.333. The van der Waals surface area contributed by atoms with Crippen molar-refractivity contribution in [1.82, 2.24) is 9.80 Å². The van der Waals surface area contributed by atoms with Crippen molar-refractivity contribution in [3.63, 3.8) is 0 Å². The molecular weight excluding hydrogens is 404 g/mol. The van der Waals surface area contributed by atoms with Gasteiger partial charge in [0.1, 0.15) is 0 Å². The normalized spacial score (nSPS) is 24.0. The standard InChI is InChI=1S/C18H20Br2N2/c1-12-21(2)17(13-4-8-15(19)9-5-13)18(22(12)3)14-6-10-16(20)11-7-14/h4-12,17-18H,1-3H3/t17-,18-/m1/s1. The molecule has 0 spiro atoms. The predicted molar refractivity (Wildman–Crippen MR) is 98.8 cm³/mol. The van der Waals surface area contributed by atoms with E-state index in [1.807, 2.05) is 0 Å². The number of benzene rings is 2. The molecule has 3 rings (SSSR count). The summed E-state index contributed by atoms with van der Waals surface area (Å²) in [6.07, 6.45) is 0.405. The van der Waals surface area contributed by atoms with E-state index in [4.69, 9.17) is 0 Å². The lowest BCUT2D eigenvalue weighted by atomic mass is 9.93. The second kappa shape index (κ2) is 6.44. The minimum atomic E-state index is 0.356. The van der Waals surface area contributed by atoms with Gasteiger partial charge >= 0.3 is 0 Å². The van der Waals surface area contributed by atoms with Gasteiger partial charge in [0.05, 0.1) is 18.2 Å². The summed E-state index contributed by atoms with van der Waals surface area (Å²) < 4.78 is 2.25. The highest BCUT2D eigenvalue weighted by Crippen LogP contribution is 2.45. The molecule has 1 aliphatic rings. The average molecular weight is 424 g/mol. The molecule has 0 saturated carbocycles. The number of likely N-dealkylation sites (N-methyl/N-ethyl adjacent to an activating group) is 2. The Morgan fingerprint density at radius 1 is 0.682 bits per heavy atom. The Kier molecular flexibility index (Phi) is 4.74. The van der Waals surface area contributed by atoms with E-state index in [0.717, 1.165) is 8.95 Å². The maximum atomic E-state index is 3.53. The fourth-order valence-corrected chi connectivity index (χ4v) is 3.88. The van der Waals surface area contributed by atoms with E-state index in [-0.39, 0.29) is 0 Å².